The minimum atomic E-state index is 0.152. The molecule has 0 unspecified atom stereocenters. The van der Waals surface area contributed by atoms with Crippen LogP contribution in [0.2, 0.25) is 0 Å². The lowest BCUT2D eigenvalue weighted by atomic mass is 9.93. The van der Waals surface area contributed by atoms with Crippen LogP contribution < -0.4 is 0 Å². The molecule has 0 saturated carbocycles. The molecular weight excluding hydrogens is 228 g/mol. The van der Waals surface area contributed by atoms with E-state index < -0.39 is 0 Å². The number of carbonyl (C=O) groups is 1. The van der Waals surface area contributed by atoms with Gasteiger partial charge in [-0.2, -0.15) is 0 Å². The summed E-state index contributed by atoms with van der Waals surface area (Å²) in [4.78, 5) is 13.2. The number of terminal acetylenes is 1. The highest BCUT2D eigenvalue weighted by atomic mass is 32.2. The van der Waals surface area contributed by atoms with Crippen LogP contribution in [-0.4, -0.2) is 11.5 Å². The molecule has 0 N–H and O–H groups in total. The molecule has 0 saturated heterocycles. The van der Waals surface area contributed by atoms with Gasteiger partial charge in [0.1, 0.15) is 0 Å². The van der Waals surface area contributed by atoms with Crippen molar-refractivity contribution in [2.24, 2.45) is 5.92 Å². The highest BCUT2D eigenvalue weighted by Crippen LogP contribution is 2.20. The molecule has 17 heavy (non-hydrogen) atoms. The van der Waals surface area contributed by atoms with Gasteiger partial charge in [0, 0.05) is 16.4 Å². The zero-order valence-electron chi connectivity index (χ0n) is 10.4. The van der Waals surface area contributed by atoms with E-state index in [1.165, 1.54) is 0 Å². The van der Waals surface area contributed by atoms with Crippen molar-refractivity contribution < 1.29 is 4.79 Å². The molecule has 0 spiro atoms. The van der Waals surface area contributed by atoms with Crippen LogP contribution in [0.15, 0.2) is 29.2 Å². The third-order valence-corrected chi connectivity index (χ3v) is 3.73. The number of rotatable bonds is 6. The molecule has 1 nitrogen and oxygen atoms in total. The molecule has 0 aliphatic rings. The lowest BCUT2D eigenvalue weighted by Gasteiger charge is -2.11. The quantitative estimate of drug-likeness (QED) is 0.428. The normalized spacial score (nSPS) is 10.2. The number of thioether (sulfide) groups is 1. The first-order valence-corrected chi connectivity index (χ1v) is 6.92. The largest absolute Gasteiger partial charge is 0.294 e. The highest BCUT2D eigenvalue weighted by molar-refractivity contribution is 7.99. The van der Waals surface area contributed by atoms with Crippen molar-refractivity contribution in [3.8, 4) is 12.3 Å². The number of ketones is 1. The van der Waals surface area contributed by atoms with Crippen molar-refractivity contribution in [2.75, 3.05) is 5.75 Å². The van der Waals surface area contributed by atoms with Crippen LogP contribution in [0.4, 0.5) is 0 Å². The second-order valence-corrected chi connectivity index (χ2v) is 4.94. The predicted octanol–water partition coefficient (Wildman–Crippen LogP) is 4.03. The zero-order valence-corrected chi connectivity index (χ0v) is 11.2. The summed E-state index contributed by atoms with van der Waals surface area (Å²) >= 11 is 1.61. The zero-order chi connectivity index (χ0) is 12.7. The summed E-state index contributed by atoms with van der Waals surface area (Å²) in [5.41, 5.74) is 0.809. The molecule has 1 rings (SSSR count). The Kier molecular flexibility index (Phi) is 5.86. The number of benzene rings is 1. The van der Waals surface area contributed by atoms with E-state index in [0.717, 1.165) is 23.3 Å². The molecule has 0 amide bonds. The van der Waals surface area contributed by atoms with Crippen LogP contribution in [0, 0.1) is 18.3 Å². The van der Waals surface area contributed by atoms with Crippen LogP contribution in [-0.2, 0) is 0 Å². The second kappa shape index (κ2) is 7.19. The Morgan fingerprint density at radius 3 is 2.35 bits per heavy atom. The average molecular weight is 246 g/mol. The van der Waals surface area contributed by atoms with Crippen LogP contribution in [0.5, 0.6) is 0 Å². The van der Waals surface area contributed by atoms with Gasteiger partial charge in [0.25, 0.3) is 0 Å². The Morgan fingerprint density at radius 1 is 1.29 bits per heavy atom. The van der Waals surface area contributed by atoms with E-state index in [-0.39, 0.29) is 11.7 Å². The predicted molar refractivity (Wildman–Crippen MR) is 74.4 cm³/mol. The van der Waals surface area contributed by atoms with Crippen molar-refractivity contribution in [1.82, 2.24) is 0 Å². The van der Waals surface area contributed by atoms with E-state index in [1.807, 2.05) is 24.3 Å². The van der Waals surface area contributed by atoms with Gasteiger partial charge in [-0.25, -0.2) is 0 Å². The number of Topliss-reactive ketones (excluding diaryl/α,β-unsaturated/α-hetero) is 1. The van der Waals surface area contributed by atoms with E-state index >= 15 is 0 Å². The van der Waals surface area contributed by atoms with Gasteiger partial charge in [-0.1, -0.05) is 31.9 Å². The Morgan fingerprint density at radius 2 is 1.88 bits per heavy atom. The van der Waals surface area contributed by atoms with Crippen LogP contribution in [0.1, 0.15) is 37.0 Å². The fourth-order valence-electron chi connectivity index (χ4n) is 1.74. The molecule has 0 atom stereocenters. The van der Waals surface area contributed by atoms with Crippen LogP contribution >= 0.6 is 11.8 Å². The van der Waals surface area contributed by atoms with Crippen LogP contribution in [0.25, 0.3) is 0 Å². The maximum atomic E-state index is 12.1. The number of carbonyl (C=O) groups excluding carboxylic acids is 1. The molecular formula is C15H18OS. The molecule has 0 heterocycles. The van der Waals surface area contributed by atoms with E-state index in [9.17, 15) is 4.79 Å². The van der Waals surface area contributed by atoms with E-state index in [2.05, 4.69) is 19.8 Å². The van der Waals surface area contributed by atoms with Crippen molar-refractivity contribution in [3.63, 3.8) is 0 Å². The molecule has 0 radical (unpaired) electrons. The number of hydrogen-bond donors (Lipinski definition) is 0. The van der Waals surface area contributed by atoms with E-state index in [0.29, 0.717) is 5.75 Å². The molecule has 2 heteroatoms. The van der Waals surface area contributed by atoms with Crippen LogP contribution in [0.3, 0.4) is 0 Å². The Balaban J connectivity index is 2.73. The van der Waals surface area contributed by atoms with Gasteiger partial charge in [0.2, 0.25) is 0 Å². The summed E-state index contributed by atoms with van der Waals surface area (Å²) in [6.45, 7) is 4.12. The van der Waals surface area contributed by atoms with Gasteiger partial charge in [-0.05, 0) is 25.0 Å². The maximum absolute atomic E-state index is 12.1. The van der Waals surface area contributed by atoms with E-state index in [1.54, 1.807) is 11.8 Å². The van der Waals surface area contributed by atoms with Gasteiger partial charge in [0.15, 0.2) is 5.78 Å². The first kappa shape index (κ1) is 13.9. The van der Waals surface area contributed by atoms with Gasteiger partial charge in [-0.3, -0.25) is 4.79 Å². The summed E-state index contributed by atoms with van der Waals surface area (Å²) < 4.78 is 0. The molecule has 90 valence electrons. The van der Waals surface area contributed by atoms with Gasteiger partial charge in [-0.15, -0.1) is 18.2 Å². The molecule has 0 aliphatic heterocycles. The SMILES string of the molecule is C#CCSc1ccc(C(=O)C(CC)CC)cc1. The summed E-state index contributed by atoms with van der Waals surface area (Å²) in [7, 11) is 0. The molecule has 0 bridgehead atoms. The number of hydrogen-bond acceptors (Lipinski definition) is 2. The van der Waals surface area contributed by atoms with Crippen molar-refractivity contribution in [1.29, 1.82) is 0 Å². The van der Waals surface area contributed by atoms with Crippen molar-refractivity contribution >= 4 is 17.5 Å². The van der Waals surface area contributed by atoms with Crippen molar-refractivity contribution in [2.45, 2.75) is 31.6 Å². The lowest BCUT2D eigenvalue weighted by Crippen LogP contribution is -2.12. The minimum absolute atomic E-state index is 0.152. The van der Waals surface area contributed by atoms with Gasteiger partial charge in [0.05, 0.1) is 5.75 Å². The third kappa shape index (κ3) is 3.94. The Hall–Kier alpha value is -1.20. The lowest BCUT2D eigenvalue weighted by molar-refractivity contribution is 0.0913. The first-order valence-electron chi connectivity index (χ1n) is 5.93. The standard InChI is InChI=1S/C15H18OS/c1-4-11-17-14-9-7-13(8-10-14)15(16)12(5-2)6-3/h1,7-10,12H,5-6,11H2,2-3H3. The highest BCUT2D eigenvalue weighted by Gasteiger charge is 2.15. The molecule has 0 aliphatic carbocycles. The topological polar surface area (TPSA) is 17.1 Å². The molecule has 1 aromatic rings. The smallest absolute Gasteiger partial charge is 0.165 e. The molecule has 0 aromatic heterocycles. The maximum Gasteiger partial charge on any atom is 0.165 e. The monoisotopic (exact) mass is 246 g/mol. The van der Waals surface area contributed by atoms with E-state index in [4.69, 9.17) is 6.42 Å². The Bertz CT molecular complexity index is 396. The summed E-state index contributed by atoms with van der Waals surface area (Å²) in [6, 6.07) is 7.74. The first-order chi connectivity index (χ1) is 8.22. The van der Waals surface area contributed by atoms with Gasteiger partial charge < -0.3 is 0 Å². The second-order valence-electron chi connectivity index (χ2n) is 3.89. The minimum Gasteiger partial charge on any atom is -0.294 e. The fraction of sp³-hybridized carbons (Fsp3) is 0.400. The Labute approximate surface area is 108 Å². The summed E-state index contributed by atoms with van der Waals surface area (Å²) in [5, 5.41) is 0. The van der Waals surface area contributed by atoms with Crippen molar-refractivity contribution in [3.05, 3.63) is 29.8 Å². The molecule has 0 fully saturated rings. The summed E-state index contributed by atoms with van der Waals surface area (Å²) in [6.07, 6.45) is 7.02. The fourth-order valence-corrected chi connectivity index (χ4v) is 2.31. The van der Waals surface area contributed by atoms with Gasteiger partial charge >= 0.3 is 0 Å². The molecule has 1 aromatic carbocycles. The third-order valence-electron chi connectivity index (χ3n) is 2.82. The summed E-state index contributed by atoms with van der Waals surface area (Å²) in [5.74, 6) is 3.66. The average Bonchev–Trinajstić information content (AvgIpc) is 2.38.